The van der Waals surface area contributed by atoms with Crippen molar-refractivity contribution >= 4 is 33.2 Å². The van der Waals surface area contributed by atoms with Crippen LogP contribution in [0.3, 0.4) is 0 Å². The SMILES string of the molecule is CCC(C)(C)C(=O)N(C)c1ccc(Br)cc1N. The maximum Gasteiger partial charge on any atom is 0.232 e. The van der Waals surface area contributed by atoms with E-state index < -0.39 is 0 Å². The summed E-state index contributed by atoms with van der Waals surface area (Å²) in [5.41, 5.74) is 6.90. The predicted molar refractivity (Wildman–Crippen MR) is 76.0 cm³/mol. The molecular formula is C13H19BrN2O. The van der Waals surface area contributed by atoms with Gasteiger partial charge in [0.1, 0.15) is 0 Å². The monoisotopic (exact) mass is 298 g/mol. The molecule has 1 amide bonds. The number of nitrogens with two attached hydrogens (primary N) is 1. The van der Waals surface area contributed by atoms with Crippen molar-refractivity contribution in [2.45, 2.75) is 27.2 Å². The van der Waals surface area contributed by atoms with Crippen molar-refractivity contribution in [2.75, 3.05) is 17.7 Å². The van der Waals surface area contributed by atoms with Crippen LogP contribution in [0.15, 0.2) is 22.7 Å². The number of hydrogen-bond donors (Lipinski definition) is 1. The van der Waals surface area contributed by atoms with E-state index in [1.54, 1.807) is 18.0 Å². The zero-order valence-corrected chi connectivity index (χ0v) is 12.3. The maximum atomic E-state index is 12.3. The summed E-state index contributed by atoms with van der Waals surface area (Å²) in [6.07, 6.45) is 0.798. The predicted octanol–water partition coefficient (Wildman–Crippen LogP) is 3.43. The standard InChI is InChI=1S/C13H19BrN2O/c1-5-13(2,3)12(17)16(4)11-7-6-9(14)8-10(11)15/h6-8H,5,15H2,1-4H3. The van der Waals surface area contributed by atoms with Crippen LogP contribution in [-0.4, -0.2) is 13.0 Å². The van der Waals surface area contributed by atoms with E-state index in [0.717, 1.165) is 16.6 Å². The van der Waals surface area contributed by atoms with Crippen molar-refractivity contribution in [3.8, 4) is 0 Å². The van der Waals surface area contributed by atoms with Gasteiger partial charge in [-0.3, -0.25) is 4.79 Å². The Morgan fingerprint density at radius 2 is 2.06 bits per heavy atom. The maximum absolute atomic E-state index is 12.3. The van der Waals surface area contributed by atoms with Crippen molar-refractivity contribution in [1.82, 2.24) is 0 Å². The molecule has 3 nitrogen and oxygen atoms in total. The van der Waals surface area contributed by atoms with E-state index in [0.29, 0.717) is 5.69 Å². The third kappa shape index (κ3) is 3.00. The van der Waals surface area contributed by atoms with Gasteiger partial charge in [0.2, 0.25) is 5.91 Å². The lowest BCUT2D eigenvalue weighted by atomic mass is 9.88. The van der Waals surface area contributed by atoms with Crippen molar-refractivity contribution in [3.05, 3.63) is 22.7 Å². The number of hydrogen-bond acceptors (Lipinski definition) is 2. The van der Waals surface area contributed by atoms with Gasteiger partial charge in [0.05, 0.1) is 11.4 Å². The van der Waals surface area contributed by atoms with Crippen LogP contribution in [0.25, 0.3) is 0 Å². The highest BCUT2D eigenvalue weighted by molar-refractivity contribution is 9.10. The Kier molecular flexibility index (Phi) is 4.20. The van der Waals surface area contributed by atoms with E-state index in [9.17, 15) is 4.79 Å². The molecule has 0 bridgehead atoms. The summed E-state index contributed by atoms with van der Waals surface area (Å²) in [6.45, 7) is 5.90. The van der Waals surface area contributed by atoms with E-state index in [2.05, 4.69) is 15.9 Å². The van der Waals surface area contributed by atoms with E-state index in [4.69, 9.17) is 5.73 Å². The summed E-state index contributed by atoms with van der Waals surface area (Å²) < 4.78 is 0.911. The second-order valence-electron chi connectivity index (χ2n) is 4.80. The summed E-state index contributed by atoms with van der Waals surface area (Å²) in [5.74, 6) is 0.0778. The topological polar surface area (TPSA) is 46.3 Å². The van der Waals surface area contributed by atoms with Crippen LogP contribution in [0.2, 0.25) is 0 Å². The van der Waals surface area contributed by atoms with Crippen molar-refractivity contribution < 1.29 is 4.79 Å². The molecule has 1 aromatic carbocycles. The molecule has 94 valence electrons. The van der Waals surface area contributed by atoms with Crippen LogP contribution in [-0.2, 0) is 4.79 Å². The van der Waals surface area contributed by atoms with Gasteiger partial charge in [-0.25, -0.2) is 0 Å². The Bertz CT molecular complexity index is 429. The van der Waals surface area contributed by atoms with Gasteiger partial charge in [-0.05, 0) is 24.6 Å². The second kappa shape index (κ2) is 5.08. The number of carbonyl (C=O) groups is 1. The number of rotatable bonds is 3. The highest BCUT2D eigenvalue weighted by Gasteiger charge is 2.29. The molecule has 0 heterocycles. The van der Waals surface area contributed by atoms with Gasteiger partial charge in [0.15, 0.2) is 0 Å². The molecule has 1 rings (SSSR count). The van der Waals surface area contributed by atoms with Crippen molar-refractivity contribution in [3.63, 3.8) is 0 Å². The number of nitrogen functional groups attached to an aromatic ring is 1. The Morgan fingerprint density at radius 3 is 2.53 bits per heavy atom. The summed E-state index contributed by atoms with van der Waals surface area (Å²) in [6, 6.07) is 5.54. The van der Waals surface area contributed by atoms with Gasteiger partial charge in [0, 0.05) is 16.9 Å². The molecule has 17 heavy (non-hydrogen) atoms. The lowest BCUT2D eigenvalue weighted by Crippen LogP contribution is -2.38. The first-order chi connectivity index (χ1) is 7.79. The van der Waals surface area contributed by atoms with Gasteiger partial charge in [-0.2, -0.15) is 0 Å². The van der Waals surface area contributed by atoms with Gasteiger partial charge in [-0.1, -0.05) is 36.7 Å². The van der Waals surface area contributed by atoms with E-state index in [1.165, 1.54) is 0 Å². The molecule has 0 fully saturated rings. The van der Waals surface area contributed by atoms with Crippen LogP contribution >= 0.6 is 15.9 Å². The fourth-order valence-corrected chi connectivity index (χ4v) is 1.92. The highest BCUT2D eigenvalue weighted by Crippen LogP contribution is 2.30. The molecule has 0 unspecified atom stereocenters. The molecule has 0 radical (unpaired) electrons. The minimum Gasteiger partial charge on any atom is -0.397 e. The first kappa shape index (κ1) is 14.0. The summed E-state index contributed by atoms with van der Waals surface area (Å²) in [4.78, 5) is 13.9. The molecule has 0 spiro atoms. The van der Waals surface area contributed by atoms with Crippen LogP contribution in [0.1, 0.15) is 27.2 Å². The summed E-state index contributed by atoms with van der Waals surface area (Å²) in [7, 11) is 1.76. The van der Waals surface area contributed by atoms with Crippen LogP contribution < -0.4 is 10.6 Å². The molecule has 0 saturated heterocycles. The molecule has 0 saturated carbocycles. The van der Waals surface area contributed by atoms with Gasteiger partial charge < -0.3 is 10.6 Å². The van der Waals surface area contributed by atoms with E-state index in [1.807, 2.05) is 32.9 Å². The molecule has 0 aromatic heterocycles. The lowest BCUT2D eigenvalue weighted by molar-refractivity contribution is -0.126. The Hall–Kier alpha value is -1.03. The Morgan fingerprint density at radius 1 is 1.47 bits per heavy atom. The molecule has 0 aliphatic heterocycles. The van der Waals surface area contributed by atoms with E-state index >= 15 is 0 Å². The smallest absolute Gasteiger partial charge is 0.232 e. The Labute approximate surface area is 111 Å². The van der Waals surface area contributed by atoms with E-state index in [-0.39, 0.29) is 11.3 Å². The second-order valence-corrected chi connectivity index (χ2v) is 5.72. The van der Waals surface area contributed by atoms with Crippen LogP contribution in [0.5, 0.6) is 0 Å². The summed E-state index contributed by atoms with van der Waals surface area (Å²) in [5, 5.41) is 0. The zero-order valence-electron chi connectivity index (χ0n) is 10.7. The fraction of sp³-hybridized carbons (Fsp3) is 0.462. The van der Waals surface area contributed by atoms with Crippen molar-refractivity contribution in [1.29, 1.82) is 0 Å². The van der Waals surface area contributed by atoms with Crippen LogP contribution in [0, 0.1) is 5.41 Å². The molecular weight excluding hydrogens is 280 g/mol. The fourth-order valence-electron chi connectivity index (χ4n) is 1.55. The number of carbonyl (C=O) groups excluding carboxylic acids is 1. The molecule has 4 heteroatoms. The molecule has 0 atom stereocenters. The van der Waals surface area contributed by atoms with Gasteiger partial charge in [0.25, 0.3) is 0 Å². The molecule has 1 aromatic rings. The normalized spacial score (nSPS) is 11.4. The number of anilines is 2. The first-order valence-electron chi connectivity index (χ1n) is 5.62. The quantitative estimate of drug-likeness (QED) is 0.869. The zero-order chi connectivity index (χ0) is 13.2. The van der Waals surface area contributed by atoms with Gasteiger partial charge >= 0.3 is 0 Å². The highest BCUT2D eigenvalue weighted by atomic mass is 79.9. The number of amides is 1. The first-order valence-corrected chi connectivity index (χ1v) is 6.42. The largest absolute Gasteiger partial charge is 0.397 e. The summed E-state index contributed by atoms with van der Waals surface area (Å²) >= 11 is 3.35. The Balaban J connectivity index is 3.05. The lowest BCUT2D eigenvalue weighted by Gasteiger charge is -2.29. The van der Waals surface area contributed by atoms with Crippen LogP contribution in [0.4, 0.5) is 11.4 Å². The average Bonchev–Trinajstić information content (AvgIpc) is 2.27. The molecule has 0 aliphatic rings. The minimum absolute atomic E-state index is 0.0778. The molecule has 0 aliphatic carbocycles. The average molecular weight is 299 g/mol. The minimum atomic E-state index is -0.367. The third-order valence-corrected chi connectivity index (χ3v) is 3.61. The number of halogens is 1. The van der Waals surface area contributed by atoms with Crippen molar-refractivity contribution in [2.24, 2.45) is 5.41 Å². The van der Waals surface area contributed by atoms with Gasteiger partial charge in [-0.15, -0.1) is 0 Å². The molecule has 2 N–H and O–H groups in total. The number of nitrogens with zero attached hydrogens (tertiary/aromatic N) is 1. The number of benzene rings is 1. The third-order valence-electron chi connectivity index (χ3n) is 3.12.